The highest BCUT2D eigenvalue weighted by Gasteiger charge is 2.60. The lowest BCUT2D eigenvalue weighted by atomic mass is 9.71. The number of para-hydroxylation sites is 1. The molecule has 10 heteroatoms. The largest absolute Gasteiger partial charge is 0.493 e. The molecule has 6 rings (SSSR count). The standard InChI is InChI=1S/C41H45Cl2N5O3/c1-7-51-34-25-35(39(2,3)4)44-26-33(34)36-46-40(5,28-13-17-30(42)18-14-28)41(6,29-15-19-31(43)20-16-29)48(36)38(50)47-23-21-27(22-24-47)37(49)45-32-11-9-8-10-12-32/h8-20,25-27H,7,21-24H2,1-6H3,(H,45,49)/t40-,41+/m0/s1. The summed E-state index contributed by atoms with van der Waals surface area (Å²) in [6, 6.07) is 26.4. The fourth-order valence-electron chi connectivity index (χ4n) is 7.10. The Labute approximate surface area is 310 Å². The summed E-state index contributed by atoms with van der Waals surface area (Å²) in [6.07, 6.45) is 2.84. The molecule has 3 heterocycles. The minimum absolute atomic E-state index is 0.0376. The van der Waals surface area contributed by atoms with Crippen LogP contribution in [0.2, 0.25) is 10.0 Å². The van der Waals surface area contributed by atoms with E-state index in [0.29, 0.717) is 59.7 Å². The fourth-order valence-corrected chi connectivity index (χ4v) is 7.35. The van der Waals surface area contributed by atoms with Gasteiger partial charge >= 0.3 is 6.03 Å². The van der Waals surface area contributed by atoms with E-state index in [4.69, 9.17) is 37.9 Å². The number of aromatic nitrogens is 1. The molecule has 0 unspecified atom stereocenters. The molecule has 0 aliphatic carbocycles. The first-order chi connectivity index (χ1) is 24.3. The number of anilines is 1. The number of likely N-dealkylation sites (tertiary alicyclic amines) is 1. The summed E-state index contributed by atoms with van der Waals surface area (Å²) >= 11 is 12.8. The molecular weight excluding hydrogens is 681 g/mol. The van der Waals surface area contributed by atoms with E-state index in [0.717, 1.165) is 22.5 Å². The van der Waals surface area contributed by atoms with Crippen LogP contribution in [0.5, 0.6) is 5.75 Å². The van der Waals surface area contributed by atoms with Crippen molar-refractivity contribution in [3.05, 3.63) is 124 Å². The number of amidine groups is 1. The van der Waals surface area contributed by atoms with Crippen LogP contribution in [-0.4, -0.2) is 52.3 Å². The number of hydrogen-bond donors (Lipinski definition) is 1. The third kappa shape index (κ3) is 6.96. The zero-order valence-corrected chi connectivity index (χ0v) is 31.6. The zero-order chi connectivity index (χ0) is 36.6. The summed E-state index contributed by atoms with van der Waals surface area (Å²) in [5, 5.41) is 4.22. The number of amides is 3. The molecule has 2 aliphatic rings. The van der Waals surface area contributed by atoms with Gasteiger partial charge in [-0.2, -0.15) is 0 Å². The van der Waals surface area contributed by atoms with Gasteiger partial charge in [-0.05, 0) is 81.1 Å². The number of halogens is 2. The third-order valence-electron chi connectivity index (χ3n) is 10.3. The highest BCUT2D eigenvalue weighted by Crippen LogP contribution is 2.54. The van der Waals surface area contributed by atoms with Gasteiger partial charge in [0.25, 0.3) is 0 Å². The molecular formula is C41H45Cl2N5O3. The maximum absolute atomic E-state index is 15.2. The maximum atomic E-state index is 15.2. The first-order valence-electron chi connectivity index (χ1n) is 17.5. The van der Waals surface area contributed by atoms with Gasteiger partial charge in [-0.25, -0.2) is 4.79 Å². The first-order valence-corrected chi connectivity index (χ1v) is 18.2. The molecule has 8 nitrogen and oxygen atoms in total. The summed E-state index contributed by atoms with van der Waals surface area (Å²) < 4.78 is 6.28. The zero-order valence-electron chi connectivity index (χ0n) is 30.0. The molecule has 0 bridgehead atoms. The monoisotopic (exact) mass is 725 g/mol. The molecule has 3 aromatic carbocycles. The molecule has 0 radical (unpaired) electrons. The van der Waals surface area contributed by atoms with Gasteiger partial charge in [0, 0.05) is 58.1 Å². The van der Waals surface area contributed by atoms with Crippen molar-refractivity contribution in [2.24, 2.45) is 10.9 Å². The van der Waals surface area contributed by atoms with E-state index in [9.17, 15) is 4.79 Å². The Bertz CT molecular complexity index is 1920. The molecule has 3 amide bonds. The number of urea groups is 1. The van der Waals surface area contributed by atoms with Crippen molar-refractivity contribution in [3.63, 3.8) is 0 Å². The van der Waals surface area contributed by atoms with Crippen LogP contribution in [-0.2, 0) is 21.3 Å². The second-order valence-electron chi connectivity index (χ2n) is 14.6. The average Bonchev–Trinajstić information content (AvgIpc) is 3.36. The smallest absolute Gasteiger partial charge is 0.326 e. The molecule has 0 saturated carbocycles. The Morgan fingerprint density at radius 3 is 2.06 bits per heavy atom. The second-order valence-corrected chi connectivity index (χ2v) is 15.4. The van der Waals surface area contributed by atoms with Gasteiger partial charge in [0.1, 0.15) is 22.7 Å². The first kappa shape index (κ1) is 36.4. The molecule has 266 valence electrons. The molecule has 1 aromatic heterocycles. The van der Waals surface area contributed by atoms with Crippen molar-refractivity contribution in [1.29, 1.82) is 0 Å². The summed E-state index contributed by atoms with van der Waals surface area (Å²) in [5.41, 5.74) is 1.70. The molecule has 4 aromatic rings. The molecule has 51 heavy (non-hydrogen) atoms. The number of hydrogen-bond acceptors (Lipinski definition) is 5. The Morgan fingerprint density at radius 1 is 0.902 bits per heavy atom. The minimum atomic E-state index is -1.05. The van der Waals surface area contributed by atoms with Crippen molar-refractivity contribution in [2.75, 3.05) is 25.0 Å². The van der Waals surface area contributed by atoms with E-state index in [2.05, 4.69) is 39.9 Å². The van der Waals surface area contributed by atoms with Crippen LogP contribution in [0.4, 0.5) is 10.5 Å². The summed E-state index contributed by atoms with van der Waals surface area (Å²) in [6.45, 7) is 13.6. The lowest BCUT2D eigenvalue weighted by Gasteiger charge is -2.47. The lowest BCUT2D eigenvalue weighted by Crippen LogP contribution is -2.59. The number of pyridine rings is 1. The molecule has 0 spiro atoms. The molecule has 1 fully saturated rings. The Hall–Kier alpha value is -4.40. The van der Waals surface area contributed by atoms with Crippen molar-refractivity contribution in [1.82, 2.24) is 14.8 Å². The fraction of sp³-hybridized carbons (Fsp3) is 0.366. The number of carbonyl (C=O) groups excluding carboxylic acids is 2. The number of nitrogens with zero attached hydrogens (tertiary/aromatic N) is 4. The number of ether oxygens (including phenoxy) is 1. The van der Waals surface area contributed by atoms with E-state index in [1.807, 2.05) is 102 Å². The van der Waals surface area contributed by atoms with Crippen LogP contribution in [0.25, 0.3) is 0 Å². The number of benzene rings is 3. The predicted molar refractivity (Wildman–Crippen MR) is 205 cm³/mol. The van der Waals surface area contributed by atoms with Gasteiger partial charge in [0.2, 0.25) is 5.91 Å². The third-order valence-corrected chi connectivity index (χ3v) is 10.8. The predicted octanol–water partition coefficient (Wildman–Crippen LogP) is 9.45. The van der Waals surface area contributed by atoms with Gasteiger partial charge in [-0.1, -0.05) is 86.4 Å². The van der Waals surface area contributed by atoms with Crippen LogP contribution in [0.15, 0.2) is 96.1 Å². The maximum Gasteiger partial charge on any atom is 0.326 e. The van der Waals surface area contributed by atoms with Crippen LogP contribution < -0.4 is 10.1 Å². The van der Waals surface area contributed by atoms with E-state index in [1.165, 1.54) is 0 Å². The lowest BCUT2D eigenvalue weighted by molar-refractivity contribution is -0.121. The average molecular weight is 727 g/mol. The van der Waals surface area contributed by atoms with Gasteiger partial charge in [0.05, 0.1) is 12.2 Å². The topological polar surface area (TPSA) is 87.1 Å². The summed E-state index contributed by atoms with van der Waals surface area (Å²) in [7, 11) is 0. The Balaban J connectivity index is 1.46. The van der Waals surface area contributed by atoms with Crippen LogP contribution in [0.3, 0.4) is 0 Å². The highest BCUT2D eigenvalue weighted by molar-refractivity contribution is 6.30. The molecule has 1 N–H and O–H groups in total. The number of aliphatic imine (C=N–C) groups is 1. The number of rotatable bonds is 7. The number of piperidine rings is 1. The van der Waals surface area contributed by atoms with Crippen LogP contribution in [0.1, 0.15) is 76.8 Å². The molecule has 1 saturated heterocycles. The summed E-state index contributed by atoms with van der Waals surface area (Å²) in [5.74, 6) is 0.797. The summed E-state index contributed by atoms with van der Waals surface area (Å²) in [4.78, 5) is 42.5. The Kier molecular flexibility index (Phi) is 10.2. The number of nitrogens with one attached hydrogen (secondary N) is 1. The van der Waals surface area contributed by atoms with Crippen molar-refractivity contribution in [2.45, 2.75) is 70.9 Å². The SMILES string of the molecule is CCOc1cc(C(C)(C)C)ncc1C1=N[C@@](C)(c2ccc(Cl)cc2)[C@@](C)(c2ccc(Cl)cc2)N1C(=O)N1CCC(C(=O)Nc2ccccc2)CC1. The Morgan fingerprint density at radius 2 is 1.49 bits per heavy atom. The van der Waals surface area contributed by atoms with Crippen LogP contribution in [0, 0.1) is 5.92 Å². The van der Waals surface area contributed by atoms with Crippen molar-refractivity contribution in [3.8, 4) is 5.75 Å². The molecule has 2 atom stereocenters. The van der Waals surface area contributed by atoms with E-state index < -0.39 is 11.1 Å². The van der Waals surface area contributed by atoms with Gasteiger partial charge < -0.3 is 15.0 Å². The van der Waals surface area contributed by atoms with Crippen LogP contribution >= 0.6 is 23.2 Å². The quantitative estimate of drug-likeness (QED) is 0.206. The van der Waals surface area contributed by atoms with E-state index >= 15 is 4.79 Å². The minimum Gasteiger partial charge on any atom is -0.493 e. The van der Waals surface area contributed by atoms with Gasteiger partial charge in [0.15, 0.2) is 0 Å². The van der Waals surface area contributed by atoms with E-state index in [1.54, 1.807) is 6.20 Å². The van der Waals surface area contributed by atoms with Gasteiger partial charge in [-0.15, -0.1) is 0 Å². The van der Waals surface area contributed by atoms with Crippen molar-refractivity contribution < 1.29 is 14.3 Å². The number of carbonyl (C=O) groups is 2. The van der Waals surface area contributed by atoms with E-state index in [-0.39, 0.29) is 23.3 Å². The van der Waals surface area contributed by atoms with Crippen molar-refractivity contribution >= 4 is 46.7 Å². The normalized spacial score (nSPS) is 21.0. The van der Waals surface area contributed by atoms with Gasteiger partial charge in [-0.3, -0.25) is 19.7 Å². The highest BCUT2D eigenvalue weighted by atomic mass is 35.5. The molecule has 2 aliphatic heterocycles. The second kappa shape index (κ2) is 14.3.